The average molecular weight is 448 g/mol. The van der Waals surface area contributed by atoms with Crippen LogP contribution < -0.4 is 11.1 Å². The number of carbonyl (C=O) groups is 2. The van der Waals surface area contributed by atoms with E-state index in [1.54, 1.807) is 7.11 Å². The predicted octanol–water partition coefficient (Wildman–Crippen LogP) is 0.120. The van der Waals surface area contributed by atoms with Crippen molar-refractivity contribution >= 4 is 39.0 Å². The van der Waals surface area contributed by atoms with Crippen LogP contribution >= 0.6 is 21.6 Å². The van der Waals surface area contributed by atoms with Gasteiger partial charge in [-0.3, -0.25) is 19.5 Å². The molecule has 0 spiro atoms. The zero-order chi connectivity index (χ0) is 20.9. The zero-order valence-electron chi connectivity index (χ0n) is 17.2. The number of piperazine rings is 1. The molecule has 0 radical (unpaired) electrons. The molecule has 0 aromatic carbocycles. The zero-order valence-corrected chi connectivity index (χ0v) is 18.8. The van der Waals surface area contributed by atoms with E-state index in [-0.39, 0.29) is 42.2 Å². The number of nitrogens with one attached hydrogen (secondary N) is 1. The Labute approximate surface area is 183 Å². The minimum atomic E-state index is -0.749. The second-order valence-corrected chi connectivity index (χ2v) is 11.5. The molecule has 0 saturated carbocycles. The van der Waals surface area contributed by atoms with Crippen LogP contribution in [0.1, 0.15) is 13.3 Å². The number of aliphatic imine (C=N–C) groups is 1. The maximum absolute atomic E-state index is 13.6. The molecular formula is C20H25N5O3S2. The highest BCUT2D eigenvalue weighted by Gasteiger charge is 2.75. The van der Waals surface area contributed by atoms with E-state index in [1.165, 1.54) is 0 Å². The van der Waals surface area contributed by atoms with E-state index < -0.39 is 5.72 Å². The van der Waals surface area contributed by atoms with Crippen molar-refractivity contribution in [2.24, 2.45) is 16.6 Å². The Morgan fingerprint density at radius 1 is 1.40 bits per heavy atom. The standard InChI is InChI=1S/C20H25N5O3S2/c1-8-15-16(23-11-7-30-29-6-10(11)22-15)14-9(4-13(21)26)20(28-3)19-12(24(19)2)5-25(20)17(14)18(8)27/h9-12,19,22H,4-7H2,1-3H3,(H2,21,26)/t9-,10+,11+,12+,19+,20-,24?/m1/s1. The van der Waals surface area contributed by atoms with Crippen LogP contribution in [0, 0.1) is 5.92 Å². The lowest BCUT2D eigenvalue weighted by Crippen LogP contribution is -2.55. The van der Waals surface area contributed by atoms with Crippen molar-refractivity contribution in [1.29, 1.82) is 0 Å². The number of nitrogens with two attached hydrogens (primary N) is 1. The number of hydrogen-bond acceptors (Lipinski definition) is 9. The summed E-state index contributed by atoms with van der Waals surface area (Å²) in [5.74, 6) is 1.20. The first-order chi connectivity index (χ1) is 14.4. The number of primary amides is 1. The molecule has 0 aromatic rings. The van der Waals surface area contributed by atoms with Gasteiger partial charge < -0.3 is 20.7 Å². The quantitative estimate of drug-likeness (QED) is 0.358. The number of carbonyl (C=O) groups excluding carboxylic acids is 2. The smallest absolute Gasteiger partial charge is 0.218 e. The number of fused-ring (bicyclic) bond motifs is 7. The van der Waals surface area contributed by atoms with Gasteiger partial charge in [0.25, 0.3) is 0 Å². The Kier molecular flexibility index (Phi) is 4.02. The summed E-state index contributed by atoms with van der Waals surface area (Å²) in [7, 11) is 7.44. The summed E-state index contributed by atoms with van der Waals surface area (Å²) < 4.78 is 6.20. The lowest BCUT2D eigenvalue weighted by Gasteiger charge is -2.41. The van der Waals surface area contributed by atoms with Gasteiger partial charge in [0.05, 0.1) is 35.2 Å². The summed E-state index contributed by atoms with van der Waals surface area (Å²) in [6.07, 6.45) is 0.136. The molecule has 5 heterocycles. The van der Waals surface area contributed by atoms with Gasteiger partial charge in [-0.05, 0) is 14.0 Å². The van der Waals surface area contributed by atoms with Crippen molar-refractivity contribution in [3.05, 3.63) is 22.5 Å². The Bertz CT molecular complexity index is 977. The normalized spacial score (nSPS) is 43.4. The lowest BCUT2D eigenvalue weighted by molar-refractivity contribution is -0.143. The van der Waals surface area contributed by atoms with Gasteiger partial charge in [0.2, 0.25) is 11.7 Å². The van der Waals surface area contributed by atoms with E-state index in [2.05, 4.69) is 22.2 Å². The Morgan fingerprint density at radius 3 is 2.90 bits per heavy atom. The molecule has 0 aromatic heterocycles. The molecule has 1 aliphatic carbocycles. The Morgan fingerprint density at radius 2 is 2.17 bits per heavy atom. The number of allylic oxidation sites excluding steroid dienone is 2. The molecule has 6 rings (SSSR count). The van der Waals surface area contributed by atoms with Gasteiger partial charge in [0.15, 0.2) is 5.72 Å². The number of likely N-dealkylation sites (N-methyl/N-ethyl adjacent to an activating group) is 1. The molecule has 1 amide bonds. The number of nitrogens with zero attached hydrogens (tertiary/aromatic N) is 3. The molecule has 160 valence electrons. The largest absolute Gasteiger partial charge is 0.377 e. The van der Waals surface area contributed by atoms with Crippen molar-refractivity contribution in [1.82, 2.24) is 15.1 Å². The SMILES string of the molecule is CO[C@@]12[C@H](CC(N)=O)C3=C(C(=O)C(C)=C4N[C@H]5CSSC[C@@H]5N=C43)N1C[C@H]1[C@@H]2N1C. The number of Topliss-reactive ketones (excluding diaryl/α,β-unsaturated/α-hetero) is 1. The monoisotopic (exact) mass is 447 g/mol. The van der Waals surface area contributed by atoms with Gasteiger partial charge in [-0.1, -0.05) is 21.6 Å². The fourth-order valence-corrected chi connectivity index (χ4v) is 8.73. The van der Waals surface area contributed by atoms with E-state index in [1.807, 2.05) is 28.5 Å². The summed E-state index contributed by atoms with van der Waals surface area (Å²) in [5, 5.41) is 3.62. The number of ketones is 1. The van der Waals surface area contributed by atoms with Crippen LogP contribution in [0.15, 0.2) is 27.5 Å². The maximum Gasteiger partial charge on any atom is 0.218 e. The van der Waals surface area contributed by atoms with Gasteiger partial charge >= 0.3 is 0 Å². The summed E-state index contributed by atoms with van der Waals surface area (Å²) >= 11 is 0. The number of hydrogen-bond donors (Lipinski definition) is 2. The topological polar surface area (TPSA) is 100 Å². The summed E-state index contributed by atoms with van der Waals surface area (Å²) in [5.41, 5.74) is 8.86. The van der Waals surface area contributed by atoms with E-state index in [9.17, 15) is 9.59 Å². The number of rotatable bonds is 3. The highest BCUT2D eigenvalue weighted by atomic mass is 33.1. The Balaban J connectivity index is 1.54. The fourth-order valence-electron chi connectivity index (χ4n) is 6.21. The fraction of sp³-hybridized carbons (Fsp3) is 0.650. The number of ether oxygens (including phenoxy) is 1. The van der Waals surface area contributed by atoms with Crippen LogP contribution in [0.3, 0.4) is 0 Å². The van der Waals surface area contributed by atoms with Crippen molar-refractivity contribution in [2.45, 2.75) is 43.2 Å². The van der Waals surface area contributed by atoms with Crippen LogP contribution in [-0.4, -0.2) is 89.3 Å². The Hall–Kier alpha value is -1.49. The van der Waals surface area contributed by atoms with Gasteiger partial charge in [-0.25, -0.2) is 0 Å². The molecule has 5 aliphatic heterocycles. The van der Waals surface area contributed by atoms with Crippen molar-refractivity contribution in [3.8, 4) is 0 Å². The molecule has 3 fully saturated rings. The van der Waals surface area contributed by atoms with Crippen LogP contribution in [0.4, 0.5) is 0 Å². The first kappa shape index (κ1) is 19.2. The first-order valence-corrected chi connectivity index (χ1v) is 12.8. The minimum Gasteiger partial charge on any atom is -0.377 e. The van der Waals surface area contributed by atoms with Gasteiger partial charge in [0, 0.05) is 54.7 Å². The third kappa shape index (κ3) is 2.20. The third-order valence-corrected chi connectivity index (χ3v) is 10.1. The molecular weight excluding hydrogens is 422 g/mol. The van der Waals surface area contributed by atoms with E-state index in [0.717, 1.165) is 35.0 Å². The lowest BCUT2D eigenvalue weighted by atomic mass is 9.78. The van der Waals surface area contributed by atoms with Gasteiger partial charge in [-0.15, -0.1) is 0 Å². The molecule has 30 heavy (non-hydrogen) atoms. The van der Waals surface area contributed by atoms with Gasteiger partial charge in [0.1, 0.15) is 0 Å². The summed E-state index contributed by atoms with van der Waals surface area (Å²) in [4.78, 5) is 35.3. The molecule has 1 unspecified atom stereocenters. The van der Waals surface area contributed by atoms with Crippen LogP contribution in [-0.2, 0) is 14.3 Å². The highest BCUT2D eigenvalue weighted by molar-refractivity contribution is 8.76. The summed E-state index contributed by atoms with van der Waals surface area (Å²) in [6, 6.07) is 0.853. The second-order valence-electron chi connectivity index (χ2n) is 8.92. The van der Waals surface area contributed by atoms with E-state index in [0.29, 0.717) is 17.3 Å². The van der Waals surface area contributed by atoms with Gasteiger partial charge in [-0.2, -0.15) is 0 Å². The maximum atomic E-state index is 13.6. The highest BCUT2D eigenvalue weighted by Crippen LogP contribution is 2.60. The molecule has 3 N–H and O–H groups in total. The number of methoxy groups -OCH3 is 1. The molecule has 7 atom stereocenters. The van der Waals surface area contributed by atoms with Crippen molar-refractivity contribution < 1.29 is 14.3 Å². The molecule has 10 heteroatoms. The van der Waals surface area contributed by atoms with Crippen molar-refractivity contribution in [2.75, 3.05) is 32.2 Å². The van der Waals surface area contributed by atoms with E-state index >= 15 is 0 Å². The van der Waals surface area contributed by atoms with E-state index in [4.69, 9.17) is 15.5 Å². The van der Waals surface area contributed by atoms with Crippen LogP contribution in [0.2, 0.25) is 0 Å². The summed E-state index contributed by atoms with van der Waals surface area (Å²) in [6.45, 7) is 2.60. The third-order valence-electron chi connectivity index (χ3n) is 7.64. The number of amides is 1. The van der Waals surface area contributed by atoms with Crippen LogP contribution in [0.5, 0.6) is 0 Å². The first-order valence-electron chi connectivity index (χ1n) is 10.3. The average Bonchev–Trinajstić information content (AvgIpc) is 3.12. The van der Waals surface area contributed by atoms with Crippen LogP contribution in [0.25, 0.3) is 0 Å². The molecule has 0 bridgehead atoms. The van der Waals surface area contributed by atoms with Crippen molar-refractivity contribution in [3.63, 3.8) is 0 Å². The second kappa shape index (κ2) is 6.27. The predicted molar refractivity (Wildman–Crippen MR) is 117 cm³/mol. The molecule has 8 nitrogen and oxygen atoms in total. The molecule has 3 saturated heterocycles. The molecule has 6 aliphatic rings. The minimum absolute atomic E-state index is 0.0140.